The highest BCUT2D eigenvalue weighted by Gasteiger charge is 2.21. The first-order chi connectivity index (χ1) is 9.72. The lowest BCUT2D eigenvalue weighted by Gasteiger charge is -2.06. The summed E-state index contributed by atoms with van der Waals surface area (Å²) in [6, 6.07) is 3.41. The van der Waals surface area contributed by atoms with Gasteiger partial charge in [-0.3, -0.25) is 10.1 Å². The molecule has 1 aromatic carbocycles. The van der Waals surface area contributed by atoms with Gasteiger partial charge >= 0.3 is 11.7 Å². The topological polar surface area (TPSA) is 107 Å². The molecule has 0 aromatic heterocycles. The molecule has 21 heavy (non-hydrogen) atoms. The first-order valence-electron chi connectivity index (χ1n) is 5.00. The second-order valence-electron chi connectivity index (χ2n) is 3.49. The average Bonchev–Trinajstić information content (AvgIpc) is 2.38. The maximum absolute atomic E-state index is 11.5. The van der Waals surface area contributed by atoms with Gasteiger partial charge in [-0.1, -0.05) is 40.9 Å². The molecule has 0 bridgehead atoms. The molecule has 1 unspecified atom stereocenters. The molecule has 1 N–H and O–H groups in total. The van der Waals surface area contributed by atoms with Crippen molar-refractivity contribution in [2.75, 3.05) is 0 Å². The third-order valence-electron chi connectivity index (χ3n) is 2.06. The van der Waals surface area contributed by atoms with Gasteiger partial charge < -0.3 is 9.29 Å². The van der Waals surface area contributed by atoms with Gasteiger partial charge in [-0.25, -0.2) is 9.00 Å². The lowest BCUT2D eigenvalue weighted by Crippen LogP contribution is -2.10. The van der Waals surface area contributed by atoms with Crippen LogP contribution in [-0.2, 0) is 21.6 Å². The molecule has 0 saturated carbocycles. The van der Waals surface area contributed by atoms with Crippen molar-refractivity contribution in [2.24, 2.45) is 0 Å². The van der Waals surface area contributed by atoms with E-state index in [1.54, 1.807) is 0 Å². The van der Waals surface area contributed by atoms with E-state index >= 15 is 0 Å². The van der Waals surface area contributed by atoms with Gasteiger partial charge in [0, 0.05) is 6.07 Å². The SMILES string of the molecule is O=C(Oc1ccc(CS(=O)O)cc1[N+](=O)[O-])C(Cl)=C(Cl)Cl. The van der Waals surface area contributed by atoms with Gasteiger partial charge in [-0.2, -0.15) is 0 Å². The largest absolute Gasteiger partial charge is 0.415 e. The number of ether oxygens (including phenoxy) is 1. The minimum absolute atomic E-state index is 0.222. The fourth-order valence-corrected chi connectivity index (χ4v) is 1.90. The third kappa shape index (κ3) is 5.25. The predicted octanol–water partition coefficient (Wildman–Crippen LogP) is 3.11. The van der Waals surface area contributed by atoms with Crippen LogP contribution in [0.15, 0.2) is 27.7 Å². The first kappa shape index (κ1) is 17.9. The van der Waals surface area contributed by atoms with Gasteiger partial charge in [-0.05, 0) is 11.6 Å². The molecule has 0 aliphatic carbocycles. The van der Waals surface area contributed by atoms with Gasteiger partial charge in [0.1, 0.15) is 4.49 Å². The molecule has 0 aliphatic heterocycles. The third-order valence-corrected chi connectivity index (χ3v) is 3.55. The van der Waals surface area contributed by atoms with Crippen LogP contribution in [-0.4, -0.2) is 19.7 Å². The summed E-state index contributed by atoms with van der Waals surface area (Å²) in [5.41, 5.74) is -0.346. The molecule has 0 heterocycles. The maximum atomic E-state index is 11.5. The first-order valence-corrected chi connectivity index (χ1v) is 7.41. The highest BCUT2D eigenvalue weighted by molar-refractivity contribution is 7.78. The minimum atomic E-state index is -2.16. The Hall–Kier alpha value is -1.19. The van der Waals surface area contributed by atoms with E-state index in [1.807, 2.05) is 0 Å². The zero-order chi connectivity index (χ0) is 16.2. The second-order valence-corrected chi connectivity index (χ2v) is 5.75. The summed E-state index contributed by atoms with van der Waals surface area (Å²) in [7, 11) is 0. The number of esters is 1. The standard InChI is InChI=1S/C10H6Cl3NO6S/c11-8(9(12)13)10(15)20-7-2-1-5(4-21(18)19)3-6(7)14(16)17/h1-3H,4H2,(H,18,19). The number of halogens is 3. The summed E-state index contributed by atoms with van der Waals surface area (Å²) in [6.45, 7) is 0. The van der Waals surface area contributed by atoms with E-state index in [0.717, 1.165) is 12.1 Å². The number of benzene rings is 1. The lowest BCUT2D eigenvalue weighted by atomic mass is 10.2. The van der Waals surface area contributed by atoms with Crippen LogP contribution >= 0.6 is 34.8 Å². The molecule has 7 nitrogen and oxygen atoms in total. The number of hydrogen-bond donors (Lipinski definition) is 1. The minimum Gasteiger partial charge on any atom is -0.415 e. The zero-order valence-electron chi connectivity index (χ0n) is 9.92. The van der Waals surface area contributed by atoms with Crippen molar-refractivity contribution in [1.29, 1.82) is 0 Å². The summed E-state index contributed by atoms with van der Waals surface area (Å²) in [5, 5.41) is 10.3. The van der Waals surface area contributed by atoms with E-state index < -0.39 is 42.9 Å². The van der Waals surface area contributed by atoms with E-state index in [0.29, 0.717) is 0 Å². The molecule has 0 amide bonds. The fourth-order valence-electron chi connectivity index (χ4n) is 1.25. The number of nitrogens with zero attached hydrogens (tertiary/aromatic N) is 1. The monoisotopic (exact) mass is 373 g/mol. The smallest absolute Gasteiger partial charge is 0.357 e. The Bertz CT molecular complexity index is 644. The number of rotatable bonds is 5. The molecule has 11 heteroatoms. The van der Waals surface area contributed by atoms with Gasteiger partial charge in [0.2, 0.25) is 5.75 Å². The lowest BCUT2D eigenvalue weighted by molar-refractivity contribution is -0.385. The van der Waals surface area contributed by atoms with Crippen molar-refractivity contribution in [2.45, 2.75) is 5.75 Å². The summed E-state index contributed by atoms with van der Waals surface area (Å²) >= 11 is 13.9. The molecule has 114 valence electrons. The van der Waals surface area contributed by atoms with E-state index in [-0.39, 0.29) is 11.3 Å². The Kier molecular flexibility index (Phi) is 6.56. The van der Waals surface area contributed by atoms with Gasteiger partial charge in [0.15, 0.2) is 16.1 Å². The summed E-state index contributed by atoms with van der Waals surface area (Å²) < 4.78 is 23.6. The molecular weight excluding hydrogens is 369 g/mol. The molecule has 0 fully saturated rings. The average molecular weight is 375 g/mol. The molecule has 0 saturated heterocycles. The highest BCUT2D eigenvalue weighted by Crippen LogP contribution is 2.30. The number of hydrogen-bond acceptors (Lipinski definition) is 5. The van der Waals surface area contributed by atoms with E-state index in [1.165, 1.54) is 6.07 Å². The highest BCUT2D eigenvalue weighted by atomic mass is 35.5. The van der Waals surface area contributed by atoms with Crippen LogP contribution in [0.3, 0.4) is 0 Å². The normalized spacial score (nSPS) is 11.6. The summed E-state index contributed by atoms with van der Waals surface area (Å²) in [4.78, 5) is 21.6. The number of carbonyl (C=O) groups is 1. The Balaban J connectivity index is 3.13. The Labute approximate surface area is 135 Å². The fraction of sp³-hybridized carbons (Fsp3) is 0.100. The number of nitro benzene ring substituents is 1. The van der Waals surface area contributed by atoms with Crippen LogP contribution in [0.25, 0.3) is 0 Å². The van der Waals surface area contributed by atoms with Crippen molar-refractivity contribution in [1.82, 2.24) is 0 Å². The molecular formula is C10H6Cl3NO6S. The maximum Gasteiger partial charge on any atom is 0.357 e. The summed E-state index contributed by atoms with van der Waals surface area (Å²) in [6.07, 6.45) is 0. The Morgan fingerprint density at radius 3 is 2.48 bits per heavy atom. The molecule has 0 spiro atoms. The van der Waals surface area contributed by atoms with Crippen molar-refractivity contribution in [3.05, 3.63) is 43.4 Å². The molecule has 0 radical (unpaired) electrons. The summed E-state index contributed by atoms with van der Waals surface area (Å²) in [5.74, 6) is -1.87. The predicted molar refractivity (Wildman–Crippen MR) is 77.8 cm³/mol. The van der Waals surface area contributed by atoms with Crippen LogP contribution < -0.4 is 4.74 Å². The Morgan fingerprint density at radius 2 is 2.00 bits per heavy atom. The van der Waals surface area contributed by atoms with Gasteiger partial charge in [0.25, 0.3) is 0 Å². The number of carbonyl (C=O) groups excluding carboxylic acids is 1. The second kappa shape index (κ2) is 7.71. The molecule has 1 rings (SSSR count). The van der Waals surface area contributed by atoms with Crippen LogP contribution in [0.4, 0.5) is 5.69 Å². The van der Waals surface area contributed by atoms with E-state index in [9.17, 15) is 19.1 Å². The van der Waals surface area contributed by atoms with Crippen molar-refractivity contribution in [3.63, 3.8) is 0 Å². The van der Waals surface area contributed by atoms with Crippen LogP contribution in [0.5, 0.6) is 5.75 Å². The van der Waals surface area contributed by atoms with Gasteiger partial charge in [-0.15, -0.1) is 0 Å². The molecule has 0 aliphatic rings. The van der Waals surface area contributed by atoms with Crippen molar-refractivity contribution in [3.8, 4) is 5.75 Å². The quantitative estimate of drug-likeness (QED) is 0.212. The number of nitro groups is 1. The molecule has 1 aromatic rings. The Morgan fingerprint density at radius 1 is 1.38 bits per heavy atom. The zero-order valence-corrected chi connectivity index (χ0v) is 13.0. The van der Waals surface area contributed by atoms with E-state index in [2.05, 4.69) is 0 Å². The van der Waals surface area contributed by atoms with Crippen LogP contribution in [0, 0.1) is 10.1 Å². The molecule has 1 atom stereocenters. The van der Waals surface area contributed by atoms with E-state index in [4.69, 9.17) is 44.1 Å². The van der Waals surface area contributed by atoms with Crippen LogP contribution in [0.1, 0.15) is 5.56 Å². The van der Waals surface area contributed by atoms with Crippen LogP contribution in [0.2, 0.25) is 0 Å². The van der Waals surface area contributed by atoms with Gasteiger partial charge in [0.05, 0.1) is 10.7 Å². The van der Waals surface area contributed by atoms with Crippen molar-refractivity contribution < 1.29 is 23.2 Å². The van der Waals surface area contributed by atoms with Crippen molar-refractivity contribution >= 4 is 57.5 Å².